The molecule has 0 aliphatic carbocycles. The minimum Gasteiger partial charge on any atom is -0.455 e. The Labute approximate surface area is 366 Å². The van der Waals surface area contributed by atoms with Crippen molar-refractivity contribution >= 4 is 43.7 Å². The summed E-state index contributed by atoms with van der Waals surface area (Å²) in [6.07, 6.45) is 0. The molecule has 0 aliphatic heterocycles. The van der Waals surface area contributed by atoms with Crippen molar-refractivity contribution in [2.45, 2.75) is 0 Å². The van der Waals surface area contributed by atoms with Crippen LogP contribution in [0.15, 0.2) is 223 Å². The Bertz CT molecular complexity index is 3790. The molecule has 5 nitrogen and oxygen atoms in total. The highest BCUT2D eigenvalue weighted by atomic mass is 16.3. The van der Waals surface area contributed by atoms with E-state index >= 15 is 0 Å². The van der Waals surface area contributed by atoms with Crippen LogP contribution in [0.5, 0.6) is 0 Å². The zero-order valence-electron chi connectivity index (χ0n) is 39.0. The van der Waals surface area contributed by atoms with Gasteiger partial charge in [0.05, 0.1) is 24.9 Å². The maximum absolute atomic E-state index is 9.27. The molecule has 3 heterocycles. The molecular weight excluding hydrogens is 757 g/mol. The van der Waals surface area contributed by atoms with Crippen LogP contribution < -0.4 is 0 Å². The minimum absolute atomic E-state index is 0.0529. The number of rotatable bonds is 7. The highest BCUT2D eigenvalue weighted by Gasteiger charge is 2.21. The molecule has 62 heavy (non-hydrogen) atoms. The first-order chi connectivity index (χ1) is 33.2. The monoisotopic (exact) mass is 798 g/mol. The number of fused-ring (bicyclic) bond motifs is 6. The zero-order chi connectivity index (χ0) is 46.2. The molecule has 0 saturated heterocycles. The van der Waals surface area contributed by atoms with Gasteiger partial charge in [-0.2, -0.15) is 0 Å². The fourth-order valence-corrected chi connectivity index (χ4v) is 8.45. The molecule has 3 aromatic heterocycles. The van der Waals surface area contributed by atoms with Crippen molar-refractivity contribution in [1.82, 2.24) is 19.5 Å². The maximum atomic E-state index is 9.27. The second-order valence-electron chi connectivity index (χ2n) is 15.1. The van der Waals surface area contributed by atoms with Gasteiger partial charge < -0.3 is 8.98 Å². The van der Waals surface area contributed by atoms with Gasteiger partial charge in [0, 0.05) is 49.4 Å². The summed E-state index contributed by atoms with van der Waals surface area (Å²) >= 11 is 0. The fourth-order valence-electron chi connectivity index (χ4n) is 8.45. The van der Waals surface area contributed by atoms with E-state index in [-0.39, 0.29) is 58.1 Å². The third kappa shape index (κ3) is 6.06. The van der Waals surface area contributed by atoms with E-state index in [4.69, 9.17) is 24.9 Å². The molecule has 0 spiro atoms. The molecule has 0 aliphatic rings. The van der Waals surface area contributed by atoms with Crippen LogP contribution in [-0.2, 0) is 0 Å². The summed E-state index contributed by atoms with van der Waals surface area (Å²) in [5, 5.41) is 2.17. The van der Waals surface area contributed by atoms with Crippen molar-refractivity contribution in [3.63, 3.8) is 0 Å². The SMILES string of the molecule is [2H]c1cc([2H])c2c(c1[2H])c1c([2H])c([2H])cc([2H])c1n2-c1ccc(-c2nc(-c3ccc(-c4ccccc4)cc3)nc(-c3ccc(-c4ccccc4)cc3)n2)cc1-c1cccc2c1oc1ccccc12. The van der Waals surface area contributed by atoms with Gasteiger partial charge in [-0.25, -0.2) is 15.0 Å². The molecule has 0 bridgehead atoms. The second-order valence-corrected chi connectivity index (χ2v) is 15.1. The predicted molar refractivity (Wildman–Crippen MR) is 254 cm³/mol. The molecule has 290 valence electrons. The Morgan fingerprint density at radius 2 is 0.855 bits per heavy atom. The Kier molecular flexibility index (Phi) is 7.05. The number of para-hydroxylation sites is 4. The first-order valence-corrected chi connectivity index (χ1v) is 20.3. The molecule has 9 aromatic carbocycles. The van der Waals surface area contributed by atoms with E-state index in [2.05, 4.69) is 48.5 Å². The van der Waals surface area contributed by atoms with Gasteiger partial charge in [-0.1, -0.05) is 182 Å². The zero-order valence-corrected chi connectivity index (χ0v) is 33.0. The van der Waals surface area contributed by atoms with Crippen LogP contribution >= 0.6 is 0 Å². The van der Waals surface area contributed by atoms with Gasteiger partial charge in [0.15, 0.2) is 17.5 Å². The lowest BCUT2D eigenvalue weighted by Crippen LogP contribution is -2.02. The second kappa shape index (κ2) is 14.7. The van der Waals surface area contributed by atoms with Crippen molar-refractivity contribution in [2.24, 2.45) is 0 Å². The summed E-state index contributed by atoms with van der Waals surface area (Å²) in [7, 11) is 0. The Morgan fingerprint density at radius 1 is 0.371 bits per heavy atom. The topological polar surface area (TPSA) is 56.7 Å². The van der Waals surface area contributed by atoms with Crippen molar-refractivity contribution in [3.05, 3.63) is 218 Å². The van der Waals surface area contributed by atoms with Crippen molar-refractivity contribution < 1.29 is 12.6 Å². The first-order valence-electron chi connectivity index (χ1n) is 23.3. The van der Waals surface area contributed by atoms with E-state index in [1.807, 2.05) is 121 Å². The highest BCUT2D eigenvalue weighted by molar-refractivity contribution is 6.12. The average Bonchev–Trinajstić information content (AvgIpc) is 3.96. The summed E-state index contributed by atoms with van der Waals surface area (Å²) < 4.78 is 62.3. The predicted octanol–water partition coefficient (Wildman–Crippen LogP) is 14.9. The first kappa shape index (κ1) is 29.7. The van der Waals surface area contributed by atoms with Gasteiger partial charge >= 0.3 is 0 Å². The summed E-state index contributed by atoms with van der Waals surface area (Å²) in [6, 6.07) is 58.0. The summed E-state index contributed by atoms with van der Waals surface area (Å²) in [5.41, 5.74) is 10.3. The Morgan fingerprint density at radius 3 is 1.45 bits per heavy atom. The van der Waals surface area contributed by atoms with Gasteiger partial charge in [0.1, 0.15) is 11.2 Å². The smallest absolute Gasteiger partial charge is 0.164 e. The summed E-state index contributed by atoms with van der Waals surface area (Å²) in [6.45, 7) is 0. The van der Waals surface area contributed by atoms with E-state index in [0.29, 0.717) is 51.0 Å². The number of aromatic nitrogens is 4. The molecule has 12 aromatic rings. The number of nitrogens with zero attached hydrogens (tertiary/aromatic N) is 4. The molecule has 5 heteroatoms. The highest BCUT2D eigenvalue weighted by Crippen LogP contribution is 2.42. The minimum atomic E-state index is -0.186. The number of furan rings is 1. The van der Waals surface area contributed by atoms with Gasteiger partial charge in [-0.05, 0) is 58.6 Å². The van der Waals surface area contributed by atoms with E-state index < -0.39 is 0 Å². The van der Waals surface area contributed by atoms with E-state index in [1.165, 1.54) is 12.1 Å². The number of benzene rings is 9. The Balaban J connectivity index is 1.12. The van der Waals surface area contributed by atoms with E-state index in [9.17, 15) is 2.74 Å². The molecule has 0 saturated carbocycles. The molecule has 0 unspecified atom stereocenters. The van der Waals surface area contributed by atoms with Crippen molar-refractivity contribution in [2.75, 3.05) is 0 Å². The Hall–Kier alpha value is -8.41. The molecule has 0 amide bonds. The average molecular weight is 799 g/mol. The fraction of sp³-hybridized carbons (Fsp3) is 0. The molecule has 0 radical (unpaired) electrons. The lowest BCUT2D eigenvalue weighted by molar-refractivity contribution is 0.670. The largest absolute Gasteiger partial charge is 0.455 e. The van der Waals surface area contributed by atoms with Crippen LogP contribution in [0.2, 0.25) is 0 Å². The lowest BCUT2D eigenvalue weighted by atomic mass is 9.97. The van der Waals surface area contributed by atoms with Crippen molar-refractivity contribution in [3.8, 4) is 73.2 Å². The third-order valence-electron chi connectivity index (χ3n) is 11.5. The molecule has 0 N–H and O–H groups in total. The van der Waals surface area contributed by atoms with E-state index in [0.717, 1.165) is 44.2 Å². The van der Waals surface area contributed by atoms with Gasteiger partial charge in [-0.3, -0.25) is 0 Å². The van der Waals surface area contributed by atoms with E-state index in [1.54, 1.807) is 4.57 Å². The quantitative estimate of drug-likeness (QED) is 0.161. The van der Waals surface area contributed by atoms with Crippen LogP contribution in [0.1, 0.15) is 8.22 Å². The van der Waals surface area contributed by atoms with Gasteiger partial charge in [0.2, 0.25) is 0 Å². The lowest BCUT2D eigenvalue weighted by Gasteiger charge is -2.16. The van der Waals surface area contributed by atoms with Crippen LogP contribution in [0.4, 0.5) is 0 Å². The van der Waals surface area contributed by atoms with Crippen LogP contribution in [0, 0.1) is 0 Å². The normalized spacial score (nSPS) is 12.9. The van der Waals surface area contributed by atoms with Crippen LogP contribution in [-0.4, -0.2) is 19.5 Å². The standard InChI is InChI=1S/C57H36N4O/c1-3-14-37(15-4-1)39-26-30-41(31-27-39)55-58-56(42-32-28-40(29-33-42)38-16-5-2-6-17-38)60-57(59-55)43-34-35-52(61-50-23-10-7-18-44(50)45-19-8-11-24-51(45)61)49(36-43)48-22-13-21-47-46-20-9-12-25-53(46)62-54(47)48/h1-36H/i7D,8D,18D,19D,23D,24D. The van der Waals surface area contributed by atoms with Crippen LogP contribution in [0.3, 0.4) is 0 Å². The third-order valence-corrected chi connectivity index (χ3v) is 11.5. The van der Waals surface area contributed by atoms with Crippen LogP contribution in [0.25, 0.3) is 117 Å². The summed E-state index contributed by atoms with van der Waals surface area (Å²) in [4.78, 5) is 15.4. The maximum Gasteiger partial charge on any atom is 0.164 e. The molecule has 12 rings (SSSR count). The number of hydrogen-bond acceptors (Lipinski definition) is 4. The van der Waals surface area contributed by atoms with Gasteiger partial charge in [-0.15, -0.1) is 0 Å². The molecule has 0 fully saturated rings. The molecule has 0 atom stereocenters. The summed E-state index contributed by atoms with van der Waals surface area (Å²) in [5.74, 6) is 1.36. The van der Waals surface area contributed by atoms with Crippen molar-refractivity contribution in [1.29, 1.82) is 0 Å². The van der Waals surface area contributed by atoms with Gasteiger partial charge in [0.25, 0.3) is 0 Å². The molecular formula is C57H36N4O. The number of hydrogen-bond donors (Lipinski definition) is 0.